The molecule has 0 radical (unpaired) electrons. The molecule has 6 nitrogen and oxygen atoms in total. The van der Waals surface area contributed by atoms with E-state index in [9.17, 15) is 10.1 Å². The van der Waals surface area contributed by atoms with Crippen LogP contribution in [0.15, 0.2) is 72.9 Å². The van der Waals surface area contributed by atoms with Crippen LogP contribution in [0.2, 0.25) is 0 Å². The van der Waals surface area contributed by atoms with Gasteiger partial charge in [0.15, 0.2) is 11.5 Å². The Kier molecular flexibility index (Phi) is 4.96. The Bertz CT molecular complexity index is 1450. The molecule has 0 spiro atoms. The zero-order chi connectivity index (χ0) is 23.1. The van der Waals surface area contributed by atoms with Gasteiger partial charge in [0.1, 0.15) is 0 Å². The summed E-state index contributed by atoms with van der Waals surface area (Å²) in [5.74, 6) is 1.61. The van der Waals surface area contributed by atoms with Crippen molar-refractivity contribution in [3.05, 3.63) is 95.2 Å². The smallest absolute Gasteiger partial charge is 0.254 e. The van der Waals surface area contributed by atoms with Crippen molar-refractivity contribution in [2.45, 2.75) is 18.9 Å². The van der Waals surface area contributed by atoms with Gasteiger partial charge in [-0.15, -0.1) is 0 Å². The molecule has 1 saturated heterocycles. The zero-order valence-corrected chi connectivity index (χ0v) is 18.6. The number of likely N-dealkylation sites (tertiary alicyclic amines) is 1. The first kappa shape index (κ1) is 20.4. The molecule has 1 aromatic heterocycles. The van der Waals surface area contributed by atoms with Crippen molar-refractivity contribution >= 4 is 16.8 Å². The average molecular weight is 450 g/mol. The number of benzene rings is 3. The lowest BCUT2D eigenvalue weighted by Crippen LogP contribution is -2.28. The number of aromatic nitrogens is 1. The summed E-state index contributed by atoms with van der Waals surface area (Å²) in [5, 5.41) is 10.5. The number of rotatable bonds is 4. The largest absolute Gasteiger partial charge is 0.454 e. The second-order valence-electron chi connectivity index (χ2n) is 8.85. The van der Waals surface area contributed by atoms with E-state index >= 15 is 0 Å². The Morgan fingerprint density at radius 3 is 2.82 bits per heavy atom. The third-order valence-electron chi connectivity index (χ3n) is 6.76. The minimum Gasteiger partial charge on any atom is -0.454 e. The van der Waals surface area contributed by atoms with Gasteiger partial charge in [0.2, 0.25) is 6.79 Å². The fourth-order valence-corrected chi connectivity index (χ4v) is 5.08. The van der Waals surface area contributed by atoms with Gasteiger partial charge in [-0.2, -0.15) is 5.26 Å². The molecule has 0 N–H and O–H groups in total. The number of ether oxygens (including phenoxy) is 2. The molecule has 6 rings (SSSR count). The number of amides is 1. The third kappa shape index (κ3) is 3.56. The molecule has 6 heteroatoms. The van der Waals surface area contributed by atoms with E-state index in [0.29, 0.717) is 35.7 Å². The van der Waals surface area contributed by atoms with Crippen LogP contribution in [0.25, 0.3) is 10.9 Å². The molecule has 1 atom stereocenters. The highest BCUT2D eigenvalue weighted by atomic mass is 16.7. The molecule has 1 fully saturated rings. The molecule has 4 aromatic rings. The number of para-hydroxylation sites is 1. The van der Waals surface area contributed by atoms with Gasteiger partial charge in [-0.1, -0.05) is 30.3 Å². The van der Waals surface area contributed by atoms with E-state index in [0.717, 1.165) is 18.5 Å². The maximum atomic E-state index is 13.2. The Morgan fingerprint density at radius 2 is 1.91 bits per heavy atom. The van der Waals surface area contributed by atoms with Crippen LogP contribution < -0.4 is 9.47 Å². The monoisotopic (exact) mass is 449 g/mol. The van der Waals surface area contributed by atoms with Crippen molar-refractivity contribution < 1.29 is 14.3 Å². The van der Waals surface area contributed by atoms with Crippen molar-refractivity contribution in [2.75, 3.05) is 19.9 Å². The molecule has 2 aliphatic rings. The van der Waals surface area contributed by atoms with E-state index in [2.05, 4.69) is 47.2 Å². The number of hydrogen-bond donors (Lipinski definition) is 0. The molecule has 1 amide bonds. The first-order valence-electron chi connectivity index (χ1n) is 11.5. The highest BCUT2D eigenvalue weighted by molar-refractivity contribution is 5.95. The van der Waals surface area contributed by atoms with Crippen LogP contribution in [0.4, 0.5) is 0 Å². The standard InChI is InChI=1S/C28H23N3O3/c29-14-19-4-3-5-20(12-19)15-31-17-24(23-6-1-2-7-25(23)31)22-10-11-30(16-22)28(32)21-8-9-26-27(13-21)34-18-33-26/h1-9,12-13,17,22H,10-11,15-16,18H2. The highest BCUT2D eigenvalue weighted by Crippen LogP contribution is 2.36. The van der Waals surface area contributed by atoms with Gasteiger partial charge >= 0.3 is 0 Å². The van der Waals surface area contributed by atoms with Gasteiger partial charge < -0.3 is 18.9 Å². The summed E-state index contributed by atoms with van der Waals surface area (Å²) in [6, 6.07) is 23.8. The Morgan fingerprint density at radius 1 is 1.03 bits per heavy atom. The molecule has 168 valence electrons. The van der Waals surface area contributed by atoms with Crippen molar-refractivity contribution in [1.29, 1.82) is 5.26 Å². The van der Waals surface area contributed by atoms with Crippen LogP contribution in [-0.2, 0) is 6.54 Å². The topological polar surface area (TPSA) is 67.5 Å². The van der Waals surface area contributed by atoms with Crippen LogP contribution in [0.5, 0.6) is 11.5 Å². The summed E-state index contributed by atoms with van der Waals surface area (Å²) < 4.78 is 13.1. The summed E-state index contributed by atoms with van der Waals surface area (Å²) in [7, 11) is 0. The quantitative estimate of drug-likeness (QED) is 0.444. The predicted molar refractivity (Wildman–Crippen MR) is 128 cm³/mol. The lowest BCUT2D eigenvalue weighted by molar-refractivity contribution is 0.0790. The number of hydrogen-bond acceptors (Lipinski definition) is 4. The first-order valence-corrected chi connectivity index (χ1v) is 11.5. The van der Waals surface area contributed by atoms with E-state index in [1.54, 1.807) is 12.1 Å². The van der Waals surface area contributed by atoms with Crippen LogP contribution in [0, 0.1) is 11.3 Å². The molecule has 3 aromatic carbocycles. The molecule has 0 bridgehead atoms. The van der Waals surface area contributed by atoms with Gasteiger partial charge in [0.05, 0.1) is 11.6 Å². The zero-order valence-electron chi connectivity index (χ0n) is 18.6. The van der Waals surface area contributed by atoms with Crippen LogP contribution in [0.1, 0.15) is 39.4 Å². The Hall–Kier alpha value is -4.24. The van der Waals surface area contributed by atoms with Crippen molar-refractivity contribution in [3.8, 4) is 17.6 Å². The van der Waals surface area contributed by atoms with Gasteiger partial charge in [-0.3, -0.25) is 4.79 Å². The van der Waals surface area contributed by atoms with Crippen molar-refractivity contribution in [2.24, 2.45) is 0 Å². The second kappa shape index (κ2) is 8.27. The van der Waals surface area contributed by atoms with Gasteiger partial charge in [0.25, 0.3) is 5.91 Å². The molecular formula is C28H23N3O3. The molecule has 34 heavy (non-hydrogen) atoms. The van der Waals surface area contributed by atoms with E-state index in [1.165, 1.54) is 16.5 Å². The summed E-state index contributed by atoms with van der Waals surface area (Å²) in [4.78, 5) is 15.1. The molecule has 3 heterocycles. The van der Waals surface area contributed by atoms with Crippen molar-refractivity contribution in [1.82, 2.24) is 9.47 Å². The van der Waals surface area contributed by atoms with Crippen LogP contribution in [0.3, 0.4) is 0 Å². The summed E-state index contributed by atoms with van der Waals surface area (Å²) >= 11 is 0. The van der Waals surface area contributed by atoms with E-state index in [1.807, 2.05) is 29.2 Å². The van der Waals surface area contributed by atoms with E-state index in [4.69, 9.17) is 9.47 Å². The number of fused-ring (bicyclic) bond motifs is 2. The van der Waals surface area contributed by atoms with Crippen LogP contribution in [-0.4, -0.2) is 35.3 Å². The average Bonchev–Trinajstić information content (AvgIpc) is 3.62. The Balaban J connectivity index is 1.26. The minimum absolute atomic E-state index is 0.0258. The second-order valence-corrected chi connectivity index (χ2v) is 8.85. The fourth-order valence-electron chi connectivity index (χ4n) is 5.08. The number of nitriles is 1. The molecule has 0 saturated carbocycles. The summed E-state index contributed by atoms with van der Waals surface area (Å²) in [6.45, 7) is 2.30. The van der Waals surface area contributed by atoms with Gasteiger partial charge in [0, 0.05) is 48.2 Å². The summed E-state index contributed by atoms with van der Waals surface area (Å²) in [6.07, 6.45) is 3.15. The van der Waals surface area contributed by atoms with E-state index in [-0.39, 0.29) is 18.6 Å². The number of nitrogens with zero attached hydrogens (tertiary/aromatic N) is 3. The SMILES string of the molecule is N#Cc1cccc(Cn2cc(C3CCN(C(=O)c4ccc5c(c4)OCO5)C3)c3ccccc32)c1. The molecule has 0 aliphatic carbocycles. The highest BCUT2D eigenvalue weighted by Gasteiger charge is 2.30. The van der Waals surface area contributed by atoms with E-state index < -0.39 is 0 Å². The van der Waals surface area contributed by atoms with Crippen molar-refractivity contribution in [3.63, 3.8) is 0 Å². The lowest BCUT2D eigenvalue weighted by atomic mass is 9.98. The lowest BCUT2D eigenvalue weighted by Gasteiger charge is -2.17. The molecular weight excluding hydrogens is 426 g/mol. The minimum atomic E-state index is 0.0258. The molecule has 1 unspecified atom stereocenters. The van der Waals surface area contributed by atoms with Gasteiger partial charge in [-0.25, -0.2) is 0 Å². The predicted octanol–water partition coefficient (Wildman–Crippen LogP) is 4.92. The maximum absolute atomic E-state index is 13.2. The van der Waals surface area contributed by atoms with Crippen LogP contribution >= 0.6 is 0 Å². The number of carbonyl (C=O) groups excluding carboxylic acids is 1. The fraction of sp³-hybridized carbons (Fsp3) is 0.214. The Labute approximate surface area is 197 Å². The first-order chi connectivity index (χ1) is 16.7. The normalized spacial score (nSPS) is 16.7. The molecule has 2 aliphatic heterocycles. The summed E-state index contributed by atoms with van der Waals surface area (Å²) in [5.41, 5.74) is 4.83. The van der Waals surface area contributed by atoms with Gasteiger partial charge in [-0.05, 0) is 53.9 Å². The third-order valence-corrected chi connectivity index (χ3v) is 6.76. The maximum Gasteiger partial charge on any atom is 0.254 e. The number of carbonyl (C=O) groups is 1.